The minimum absolute atomic E-state index is 0.0978. The third-order valence-corrected chi connectivity index (χ3v) is 3.33. The molecule has 0 radical (unpaired) electrons. The Hall–Kier alpha value is -1.38. The lowest BCUT2D eigenvalue weighted by atomic mass is 10.0. The van der Waals surface area contributed by atoms with Crippen LogP contribution in [0.25, 0.3) is 0 Å². The quantitative estimate of drug-likeness (QED) is 0.715. The van der Waals surface area contributed by atoms with E-state index >= 15 is 0 Å². The highest BCUT2D eigenvalue weighted by Gasteiger charge is 2.32. The van der Waals surface area contributed by atoms with E-state index in [4.69, 9.17) is 0 Å². The third kappa shape index (κ3) is 1.94. The van der Waals surface area contributed by atoms with Gasteiger partial charge < -0.3 is 4.90 Å². The molecule has 0 atom stereocenters. The van der Waals surface area contributed by atoms with Crippen LogP contribution in [0.5, 0.6) is 0 Å². The Labute approximate surface area is 96.5 Å². The largest absolute Gasteiger partial charge is 0.351 e. The van der Waals surface area contributed by atoms with Gasteiger partial charge in [-0.25, -0.2) is 4.98 Å². The fourth-order valence-corrected chi connectivity index (χ4v) is 2.32. The van der Waals surface area contributed by atoms with Gasteiger partial charge in [-0.1, -0.05) is 0 Å². The summed E-state index contributed by atoms with van der Waals surface area (Å²) in [6.07, 6.45) is 4.10. The van der Waals surface area contributed by atoms with Crippen molar-refractivity contribution in [3.8, 4) is 0 Å². The number of pyridine rings is 1. The molecular formula is C13H18N2O. The van der Waals surface area contributed by atoms with Crippen molar-refractivity contribution in [1.82, 2.24) is 4.98 Å². The van der Waals surface area contributed by atoms with Crippen LogP contribution in [0.4, 0.5) is 5.82 Å². The maximum absolute atomic E-state index is 11.3. The van der Waals surface area contributed by atoms with Crippen LogP contribution in [0.15, 0.2) is 18.3 Å². The summed E-state index contributed by atoms with van der Waals surface area (Å²) < 4.78 is 0. The zero-order valence-corrected chi connectivity index (χ0v) is 10.2. The molecule has 0 unspecified atom stereocenters. The summed E-state index contributed by atoms with van der Waals surface area (Å²) >= 11 is 0. The number of carbonyl (C=O) groups excluding carboxylic acids is 1. The molecule has 0 aliphatic carbocycles. The Bertz CT molecular complexity index is 412. The van der Waals surface area contributed by atoms with Gasteiger partial charge in [0.1, 0.15) is 5.82 Å². The number of Topliss-reactive ketones (excluding diaryl/α,β-unsaturated/α-hetero) is 1. The van der Waals surface area contributed by atoms with Gasteiger partial charge in [0, 0.05) is 23.8 Å². The highest BCUT2D eigenvalue weighted by Crippen LogP contribution is 2.32. The molecule has 1 aromatic heterocycles. The van der Waals surface area contributed by atoms with Crippen molar-refractivity contribution in [2.75, 3.05) is 11.4 Å². The van der Waals surface area contributed by atoms with Gasteiger partial charge in [-0.3, -0.25) is 4.79 Å². The van der Waals surface area contributed by atoms with Crippen LogP contribution in [0.3, 0.4) is 0 Å². The molecule has 0 bridgehead atoms. The van der Waals surface area contributed by atoms with Crippen LogP contribution in [-0.2, 0) is 0 Å². The summed E-state index contributed by atoms with van der Waals surface area (Å²) in [7, 11) is 0. The van der Waals surface area contributed by atoms with Gasteiger partial charge >= 0.3 is 0 Å². The maximum atomic E-state index is 11.3. The average molecular weight is 218 g/mol. The SMILES string of the molecule is CC(=O)c1ccnc(N2CCCC2(C)C)c1. The van der Waals surface area contributed by atoms with Crippen molar-refractivity contribution in [2.24, 2.45) is 0 Å². The number of rotatable bonds is 2. The Balaban J connectivity index is 2.34. The number of carbonyl (C=O) groups is 1. The Morgan fingerprint density at radius 3 is 2.81 bits per heavy atom. The Morgan fingerprint density at radius 2 is 2.25 bits per heavy atom. The second-order valence-corrected chi connectivity index (χ2v) is 5.03. The minimum Gasteiger partial charge on any atom is -0.351 e. The van der Waals surface area contributed by atoms with Crippen LogP contribution >= 0.6 is 0 Å². The van der Waals surface area contributed by atoms with Crippen molar-refractivity contribution in [3.63, 3.8) is 0 Å². The first-order valence-electron chi connectivity index (χ1n) is 5.75. The van der Waals surface area contributed by atoms with Crippen molar-refractivity contribution < 1.29 is 4.79 Å². The second kappa shape index (κ2) is 3.89. The molecule has 0 N–H and O–H groups in total. The van der Waals surface area contributed by atoms with Crippen LogP contribution in [0, 0.1) is 0 Å². The van der Waals surface area contributed by atoms with E-state index in [1.807, 2.05) is 6.07 Å². The molecule has 0 spiro atoms. The molecule has 1 aromatic rings. The van der Waals surface area contributed by atoms with E-state index in [9.17, 15) is 4.79 Å². The van der Waals surface area contributed by atoms with Gasteiger partial charge in [0.25, 0.3) is 0 Å². The number of aromatic nitrogens is 1. The van der Waals surface area contributed by atoms with Gasteiger partial charge in [0.15, 0.2) is 5.78 Å². The monoisotopic (exact) mass is 218 g/mol. The molecule has 1 saturated heterocycles. The molecule has 2 rings (SSSR count). The molecule has 1 fully saturated rings. The van der Waals surface area contributed by atoms with E-state index in [1.54, 1.807) is 19.2 Å². The van der Waals surface area contributed by atoms with Gasteiger partial charge in [0.2, 0.25) is 0 Å². The number of nitrogens with zero attached hydrogens (tertiary/aromatic N) is 2. The van der Waals surface area contributed by atoms with Crippen LogP contribution < -0.4 is 4.90 Å². The number of ketones is 1. The van der Waals surface area contributed by atoms with E-state index < -0.39 is 0 Å². The predicted octanol–water partition coefficient (Wildman–Crippen LogP) is 2.66. The van der Waals surface area contributed by atoms with Gasteiger partial charge in [0.05, 0.1) is 0 Å². The van der Waals surface area contributed by atoms with E-state index in [-0.39, 0.29) is 11.3 Å². The molecular weight excluding hydrogens is 200 g/mol. The first-order valence-corrected chi connectivity index (χ1v) is 5.75. The van der Waals surface area contributed by atoms with E-state index in [0.717, 1.165) is 17.9 Å². The molecule has 16 heavy (non-hydrogen) atoms. The molecule has 86 valence electrons. The van der Waals surface area contributed by atoms with Crippen LogP contribution in [0.1, 0.15) is 44.0 Å². The van der Waals surface area contributed by atoms with Crippen molar-refractivity contribution in [3.05, 3.63) is 23.9 Å². The van der Waals surface area contributed by atoms with Gasteiger partial charge in [-0.15, -0.1) is 0 Å². The average Bonchev–Trinajstić information content (AvgIpc) is 2.58. The minimum atomic E-state index is 0.0978. The zero-order chi connectivity index (χ0) is 11.8. The van der Waals surface area contributed by atoms with Crippen LogP contribution in [0.2, 0.25) is 0 Å². The van der Waals surface area contributed by atoms with Crippen molar-refractivity contribution in [2.45, 2.75) is 39.2 Å². The summed E-state index contributed by atoms with van der Waals surface area (Å²) in [5.41, 5.74) is 0.898. The number of anilines is 1. The lowest BCUT2D eigenvalue weighted by molar-refractivity contribution is 0.101. The standard InChI is InChI=1S/C13H18N2O/c1-10(16)11-5-7-14-12(9-11)15-8-4-6-13(15,2)3/h5,7,9H,4,6,8H2,1-3H3. The molecule has 1 aliphatic heterocycles. The van der Waals surface area contributed by atoms with Crippen molar-refractivity contribution in [1.29, 1.82) is 0 Å². The lowest BCUT2D eigenvalue weighted by Crippen LogP contribution is -2.38. The topological polar surface area (TPSA) is 33.2 Å². The summed E-state index contributed by atoms with van der Waals surface area (Å²) in [6, 6.07) is 3.67. The highest BCUT2D eigenvalue weighted by molar-refractivity contribution is 5.94. The summed E-state index contributed by atoms with van der Waals surface area (Å²) in [6.45, 7) is 7.07. The molecule has 0 aromatic carbocycles. The second-order valence-electron chi connectivity index (χ2n) is 5.03. The Morgan fingerprint density at radius 1 is 1.50 bits per heavy atom. The van der Waals surface area contributed by atoms with Crippen molar-refractivity contribution >= 4 is 11.6 Å². The predicted molar refractivity (Wildman–Crippen MR) is 64.9 cm³/mol. The molecule has 0 amide bonds. The van der Waals surface area contributed by atoms with Gasteiger partial charge in [-0.05, 0) is 45.7 Å². The molecule has 3 nitrogen and oxygen atoms in total. The van der Waals surface area contributed by atoms with E-state index in [2.05, 4.69) is 23.7 Å². The summed E-state index contributed by atoms with van der Waals surface area (Å²) in [4.78, 5) is 18.0. The molecule has 1 aliphatic rings. The summed E-state index contributed by atoms with van der Waals surface area (Å²) in [5, 5.41) is 0. The smallest absolute Gasteiger partial charge is 0.159 e. The van der Waals surface area contributed by atoms with E-state index in [1.165, 1.54) is 12.8 Å². The first-order chi connectivity index (χ1) is 7.50. The normalized spacial score (nSPS) is 18.8. The van der Waals surface area contributed by atoms with Crippen LogP contribution in [-0.4, -0.2) is 22.9 Å². The fourth-order valence-electron chi connectivity index (χ4n) is 2.32. The third-order valence-electron chi connectivity index (χ3n) is 3.33. The molecule has 2 heterocycles. The highest BCUT2D eigenvalue weighted by atomic mass is 16.1. The zero-order valence-electron chi connectivity index (χ0n) is 10.2. The number of hydrogen-bond donors (Lipinski definition) is 0. The Kier molecular flexibility index (Phi) is 2.70. The lowest BCUT2D eigenvalue weighted by Gasteiger charge is -2.32. The number of hydrogen-bond acceptors (Lipinski definition) is 3. The van der Waals surface area contributed by atoms with Gasteiger partial charge in [-0.2, -0.15) is 0 Å². The first kappa shape index (κ1) is 11.1. The summed E-state index contributed by atoms with van der Waals surface area (Å²) in [5.74, 6) is 1.02. The van der Waals surface area contributed by atoms with E-state index in [0.29, 0.717) is 0 Å². The maximum Gasteiger partial charge on any atom is 0.159 e. The molecule has 3 heteroatoms. The molecule has 0 saturated carbocycles. The fraction of sp³-hybridized carbons (Fsp3) is 0.538.